The lowest BCUT2D eigenvalue weighted by Crippen LogP contribution is -2.48. The molecule has 0 aliphatic carbocycles. The van der Waals surface area contributed by atoms with E-state index in [0.717, 1.165) is 18.8 Å². The van der Waals surface area contributed by atoms with Crippen LogP contribution >= 0.6 is 0 Å². The third-order valence-corrected chi connectivity index (χ3v) is 6.28. The quantitative estimate of drug-likeness (QED) is 0.752. The van der Waals surface area contributed by atoms with Gasteiger partial charge in [0.05, 0.1) is 12.0 Å². The average molecular weight is 377 g/mol. The third kappa shape index (κ3) is 5.07. The highest BCUT2D eigenvalue weighted by Gasteiger charge is 2.25. The molecule has 0 unspecified atom stereocenters. The highest BCUT2D eigenvalue weighted by molar-refractivity contribution is 7.92. The fourth-order valence-electron chi connectivity index (χ4n) is 3.22. The molecular weight excluding hydrogens is 353 g/mol. The minimum Gasteiger partial charge on any atom is -0.369 e. The molecule has 0 N–H and O–H groups in total. The maximum Gasteiger partial charge on any atom is 0.236 e. The predicted molar refractivity (Wildman–Crippen MR) is 102 cm³/mol. The minimum atomic E-state index is -3.45. The molecule has 2 aliphatic rings. The van der Waals surface area contributed by atoms with Gasteiger partial charge in [-0.2, -0.15) is 4.31 Å². The van der Waals surface area contributed by atoms with Gasteiger partial charge in [-0.15, -0.1) is 0 Å². The summed E-state index contributed by atoms with van der Waals surface area (Å²) in [6, 6.07) is 6.27. The van der Waals surface area contributed by atoms with Gasteiger partial charge in [-0.05, 0) is 50.2 Å². The number of halogens is 1. The van der Waals surface area contributed by atoms with E-state index in [0.29, 0.717) is 32.7 Å². The summed E-state index contributed by atoms with van der Waals surface area (Å²) in [5.74, 6) is 5.55. The van der Waals surface area contributed by atoms with E-state index in [-0.39, 0.29) is 5.82 Å². The molecule has 0 atom stereocenters. The standard InChI is InChI=1S/C19H24FN3O2S/c20-18-6-8-19(9-7-18)22-13-15-23(16-14-22)26(24,25)17-5-1-2-10-21-11-3-4-12-21/h5-9,17H,3-4,10-16H2/b17-5+. The van der Waals surface area contributed by atoms with Crippen LogP contribution in [-0.4, -0.2) is 63.4 Å². The summed E-state index contributed by atoms with van der Waals surface area (Å²) in [7, 11) is -3.45. The van der Waals surface area contributed by atoms with Gasteiger partial charge in [0.15, 0.2) is 0 Å². The van der Waals surface area contributed by atoms with Gasteiger partial charge < -0.3 is 4.90 Å². The molecule has 140 valence electrons. The van der Waals surface area contributed by atoms with Gasteiger partial charge in [-0.1, -0.05) is 11.8 Å². The molecule has 0 radical (unpaired) electrons. The molecule has 26 heavy (non-hydrogen) atoms. The number of likely N-dealkylation sites (tertiary alicyclic amines) is 1. The zero-order valence-electron chi connectivity index (χ0n) is 14.8. The van der Waals surface area contributed by atoms with Crippen LogP contribution in [0.4, 0.5) is 10.1 Å². The van der Waals surface area contributed by atoms with E-state index in [4.69, 9.17) is 0 Å². The van der Waals surface area contributed by atoms with Gasteiger partial charge in [0.25, 0.3) is 0 Å². The fraction of sp³-hybridized carbons (Fsp3) is 0.474. The molecule has 5 nitrogen and oxygen atoms in total. The van der Waals surface area contributed by atoms with E-state index < -0.39 is 10.0 Å². The monoisotopic (exact) mass is 377 g/mol. The molecule has 0 saturated carbocycles. The number of nitrogens with zero attached hydrogens (tertiary/aromatic N) is 3. The smallest absolute Gasteiger partial charge is 0.236 e. The summed E-state index contributed by atoms with van der Waals surface area (Å²) in [5, 5.41) is 1.19. The van der Waals surface area contributed by atoms with Crippen molar-refractivity contribution in [1.29, 1.82) is 0 Å². The van der Waals surface area contributed by atoms with E-state index >= 15 is 0 Å². The number of allylic oxidation sites excluding steroid dienone is 1. The number of hydrogen-bond donors (Lipinski definition) is 0. The van der Waals surface area contributed by atoms with E-state index in [9.17, 15) is 12.8 Å². The van der Waals surface area contributed by atoms with Crippen molar-refractivity contribution in [3.8, 4) is 11.8 Å². The zero-order chi connectivity index (χ0) is 18.4. The van der Waals surface area contributed by atoms with Crippen molar-refractivity contribution in [2.24, 2.45) is 0 Å². The molecule has 1 aromatic rings. The largest absolute Gasteiger partial charge is 0.369 e. The lowest BCUT2D eigenvalue weighted by molar-refractivity contribution is 0.383. The van der Waals surface area contributed by atoms with E-state index in [1.54, 1.807) is 12.1 Å². The van der Waals surface area contributed by atoms with Crippen LogP contribution in [0.5, 0.6) is 0 Å². The van der Waals surface area contributed by atoms with E-state index in [1.807, 2.05) is 0 Å². The highest BCUT2D eigenvalue weighted by Crippen LogP contribution is 2.18. The number of hydrogen-bond acceptors (Lipinski definition) is 4. The first-order valence-corrected chi connectivity index (χ1v) is 10.4. The zero-order valence-corrected chi connectivity index (χ0v) is 15.6. The molecule has 7 heteroatoms. The molecular formula is C19H24FN3O2S. The molecule has 0 bridgehead atoms. The number of sulfonamides is 1. The van der Waals surface area contributed by atoms with Crippen molar-refractivity contribution in [1.82, 2.24) is 9.21 Å². The van der Waals surface area contributed by atoms with Crippen LogP contribution in [0.15, 0.2) is 35.7 Å². The number of piperazine rings is 1. The third-order valence-electron chi connectivity index (χ3n) is 4.72. The Bertz CT molecular complexity index is 782. The topological polar surface area (TPSA) is 43.9 Å². The van der Waals surface area contributed by atoms with Crippen molar-refractivity contribution < 1.29 is 12.8 Å². The Hall–Kier alpha value is -1.88. The second-order valence-corrected chi connectivity index (χ2v) is 8.33. The lowest BCUT2D eigenvalue weighted by Gasteiger charge is -2.34. The SMILES string of the molecule is O=S(=O)(/C=C/C#CCN1CCCC1)N1CCN(c2ccc(F)cc2)CC1. The molecule has 2 heterocycles. The van der Waals surface area contributed by atoms with Crippen molar-refractivity contribution in [2.75, 3.05) is 50.7 Å². The second-order valence-electron chi connectivity index (χ2n) is 6.51. The predicted octanol–water partition coefficient (Wildman–Crippen LogP) is 1.89. The molecule has 3 rings (SSSR count). The molecule has 0 aromatic heterocycles. The first-order valence-electron chi connectivity index (χ1n) is 8.92. The number of benzene rings is 1. The number of rotatable bonds is 4. The molecule has 2 saturated heterocycles. The first-order chi connectivity index (χ1) is 12.5. The van der Waals surface area contributed by atoms with Crippen LogP contribution in [0.1, 0.15) is 12.8 Å². The fourth-order valence-corrected chi connectivity index (χ4v) is 4.30. The Morgan fingerprint density at radius 3 is 2.31 bits per heavy atom. The van der Waals surface area contributed by atoms with Gasteiger partial charge in [0.1, 0.15) is 5.82 Å². The highest BCUT2D eigenvalue weighted by atomic mass is 32.2. The van der Waals surface area contributed by atoms with Gasteiger partial charge in [0.2, 0.25) is 10.0 Å². The molecule has 0 spiro atoms. The van der Waals surface area contributed by atoms with Crippen LogP contribution in [-0.2, 0) is 10.0 Å². The summed E-state index contributed by atoms with van der Waals surface area (Å²) in [5.41, 5.74) is 0.909. The minimum absolute atomic E-state index is 0.272. The Kier molecular flexibility index (Phi) is 6.30. The van der Waals surface area contributed by atoms with Crippen LogP contribution in [0.2, 0.25) is 0 Å². The lowest BCUT2D eigenvalue weighted by atomic mass is 10.2. The Balaban J connectivity index is 1.50. The average Bonchev–Trinajstić information content (AvgIpc) is 3.16. The summed E-state index contributed by atoms with van der Waals surface area (Å²) >= 11 is 0. The van der Waals surface area contributed by atoms with Crippen molar-refractivity contribution >= 4 is 15.7 Å². The van der Waals surface area contributed by atoms with Gasteiger partial charge in [-0.3, -0.25) is 4.90 Å². The summed E-state index contributed by atoms with van der Waals surface area (Å²) in [6.45, 7) is 4.83. The summed E-state index contributed by atoms with van der Waals surface area (Å²) in [6.07, 6.45) is 3.86. The Morgan fingerprint density at radius 1 is 1.00 bits per heavy atom. The van der Waals surface area contributed by atoms with Gasteiger partial charge in [0, 0.05) is 37.9 Å². The van der Waals surface area contributed by atoms with Gasteiger partial charge >= 0.3 is 0 Å². The van der Waals surface area contributed by atoms with Crippen molar-refractivity contribution in [2.45, 2.75) is 12.8 Å². The molecule has 2 fully saturated rings. The molecule has 0 amide bonds. The molecule has 2 aliphatic heterocycles. The summed E-state index contributed by atoms with van der Waals surface area (Å²) < 4.78 is 39.2. The number of anilines is 1. The van der Waals surface area contributed by atoms with Crippen LogP contribution in [0.3, 0.4) is 0 Å². The second kappa shape index (κ2) is 8.67. The Labute approximate surface area is 155 Å². The van der Waals surface area contributed by atoms with E-state index in [1.165, 1.54) is 40.8 Å². The van der Waals surface area contributed by atoms with E-state index in [2.05, 4.69) is 21.6 Å². The van der Waals surface area contributed by atoms with Crippen molar-refractivity contribution in [3.63, 3.8) is 0 Å². The Morgan fingerprint density at radius 2 is 1.65 bits per heavy atom. The molecule has 1 aromatic carbocycles. The first kappa shape index (κ1) is 18.9. The van der Waals surface area contributed by atoms with Crippen LogP contribution in [0, 0.1) is 17.7 Å². The normalized spacial score (nSPS) is 19.7. The van der Waals surface area contributed by atoms with Crippen LogP contribution in [0.25, 0.3) is 0 Å². The van der Waals surface area contributed by atoms with Crippen molar-refractivity contribution in [3.05, 3.63) is 41.6 Å². The maximum atomic E-state index is 13.0. The van der Waals surface area contributed by atoms with Crippen LogP contribution < -0.4 is 4.90 Å². The maximum absolute atomic E-state index is 13.0. The summed E-state index contributed by atoms with van der Waals surface area (Å²) in [4.78, 5) is 4.33. The van der Waals surface area contributed by atoms with Gasteiger partial charge in [-0.25, -0.2) is 12.8 Å².